The number of rotatable bonds is 4. The van der Waals surface area contributed by atoms with Crippen molar-refractivity contribution in [3.63, 3.8) is 0 Å². The van der Waals surface area contributed by atoms with Gasteiger partial charge in [-0.05, 0) is 50.7 Å². The second kappa shape index (κ2) is 7.53. The van der Waals surface area contributed by atoms with Crippen molar-refractivity contribution in [2.45, 2.75) is 19.9 Å². The lowest BCUT2D eigenvalue weighted by molar-refractivity contribution is 0.266. The Morgan fingerprint density at radius 2 is 2.10 bits per heavy atom. The molecule has 2 nitrogen and oxygen atoms in total. The molecule has 0 atom stereocenters. The molecule has 1 fully saturated rings. The number of hydrogen-bond donors (Lipinski definition) is 0. The SMILES string of the molecule is C=C/C=C(\C)c1ccc(CN2CCCN(C)CC2)c(F)c1. The summed E-state index contributed by atoms with van der Waals surface area (Å²) >= 11 is 0. The Morgan fingerprint density at radius 3 is 2.81 bits per heavy atom. The highest BCUT2D eigenvalue weighted by Crippen LogP contribution is 2.19. The summed E-state index contributed by atoms with van der Waals surface area (Å²) in [6, 6.07) is 5.55. The molecule has 1 aliphatic rings. The Kier molecular flexibility index (Phi) is 5.71. The van der Waals surface area contributed by atoms with Crippen LogP contribution in [0.1, 0.15) is 24.5 Å². The summed E-state index contributed by atoms with van der Waals surface area (Å²) in [5, 5.41) is 0. The molecule has 21 heavy (non-hydrogen) atoms. The second-order valence-electron chi connectivity index (χ2n) is 5.82. The van der Waals surface area contributed by atoms with E-state index < -0.39 is 0 Å². The Balaban J connectivity index is 2.07. The third-order valence-electron chi connectivity index (χ3n) is 4.08. The molecule has 0 aliphatic carbocycles. The average molecular weight is 288 g/mol. The molecule has 1 aromatic rings. The highest BCUT2D eigenvalue weighted by Gasteiger charge is 2.14. The van der Waals surface area contributed by atoms with Gasteiger partial charge in [0.1, 0.15) is 5.82 Å². The van der Waals surface area contributed by atoms with Crippen LogP contribution in [-0.4, -0.2) is 43.0 Å². The number of benzene rings is 1. The third-order valence-corrected chi connectivity index (χ3v) is 4.08. The van der Waals surface area contributed by atoms with Gasteiger partial charge in [-0.2, -0.15) is 0 Å². The summed E-state index contributed by atoms with van der Waals surface area (Å²) in [5.74, 6) is -0.109. The minimum absolute atomic E-state index is 0.109. The topological polar surface area (TPSA) is 6.48 Å². The summed E-state index contributed by atoms with van der Waals surface area (Å²) in [4.78, 5) is 4.68. The number of allylic oxidation sites excluding steroid dienone is 3. The van der Waals surface area contributed by atoms with Crippen LogP contribution in [-0.2, 0) is 6.54 Å². The number of nitrogens with zero attached hydrogens (tertiary/aromatic N) is 2. The normalized spacial score (nSPS) is 18.5. The minimum atomic E-state index is -0.109. The molecule has 0 bridgehead atoms. The Morgan fingerprint density at radius 1 is 1.29 bits per heavy atom. The van der Waals surface area contributed by atoms with Crippen LogP contribution in [0.3, 0.4) is 0 Å². The van der Waals surface area contributed by atoms with Gasteiger partial charge >= 0.3 is 0 Å². The lowest BCUT2D eigenvalue weighted by atomic mass is 10.0. The van der Waals surface area contributed by atoms with Crippen molar-refractivity contribution >= 4 is 5.57 Å². The summed E-state index contributed by atoms with van der Waals surface area (Å²) in [7, 11) is 2.15. The summed E-state index contributed by atoms with van der Waals surface area (Å²) in [5.41, 5.74) is 2.74. The van der Waals surface area contributed by atoms with Crippen molar-refractivity contribution in [1.82, 2.24) is 9.80 Å². The first-order valence-electron chi connectivity index (χ1n) is 7.59. The number of halogens is 1. The molecule has 0 unspecified atom stereocenters. The monoisotopic (exact) mass is 288 g/mol. The van der Waals surface area contributed by atoms with Gasteiger partial charge in [0.05, 0.1) is 0 Å². The van der Waals surface area contributed by atoms with Crippen molar-refractivity contribution in [2.24, 2.45) is 0 Å². The molecule has 0 aromatic heterocycles. The van der Waals surface area contributed by atoms with Gasteiger partial charge in [0, 0.05) is 25.2 Å². The van der Waals surface area contributed by atoms with E-state index >= 15 is 0 Å². The van der Waals surface area contributed by atoms with Gasteiger partial charge in [-0.25, -0.2) is 4.39 Å². The van der Waals surface area contributed by atoms with E-state index in [1.807, 2.05) is 25.1 Å². The first kappa shape index (κ1) is 15.9. The molecular formula is C18H25FN2. The van der Waals surface area contributed by atoms with Crippen molar-refractivity contribution in [3.05, 3.63) is 53.9 Å². The Labute approximate surface area is 127 Å². The van der Waals surface area contributed by atoms with E-state index in [-0.39, 0.29) is 5.82 Å². The van der Waals surface area contributed by atoms with Crippen LogP contribution in [0.15, 0.2) is 36.9 Å². The lowest BCUT2D eigenvalue weighted by Gasteiger charge is -2.20. The molecule has 0 spiro atoms. The van der Waals surface area contributed by atoms with Gasteiger partial charge in [0.2, 0.25) is 0 Å². The molecule has 0 amide bonds. The molecule has 0 saturated carbocycles. The zero-order chi connectivity index (χ0) is 15.2. The summed E-state index contributed by atoms with van der Waals surface area (Å²) in [6.07, 6.45) is 4.78. The van der Waals surface area contributed by atoms with Crippen LogP contribution in [0.2, 0.25) is 0 Å². The van der Waals surface area contributed by atoms with E-state index in [1.54, 1.807) is 12.1 Å². The van der Waals surface area contributed by atoms with E-state index in [1.165, 1.54) is 0 Å². The molecule has 2 rings (SSSR count). The number of likely N-dealkylation sites (N-methyl/N-ethyl adjacent to an activating group) is 1. The van der Waals surface area contributed by atoms with Crippen molar-refractivity contribution in [3.8, 4) is 0 Å². The standard InChI is InChI=1S/C18H25FN2/c1-4-6-15(2)16-7-8-17(18(19)13-16)14-21-10-5-9-20(3)11-12-21/h4,6-8,13H,1,5,9-12,14H2,2-3H3/b15-6+. The average Bonchev–Trinajstić information content (AvgIpc) is 2.66. The molecule has 114 valence electrons. The van der Waals surface area contributed by atoms with Crippen LogP contribution in [0, 0.1) is 5.82 Å². The van der Waals surface area contributed by atoms with Gasteiger partial charge in [0.15, 0.2) is 0 Å². The van der Waals surface area contributed by atoms with Crippen LogP contribution in [0.25, 0.3) is 5.57 Å². The zero-order valence-corrected chi connectivity index (χ0v) is 13.1. The maximum absolute atomic E-state index is 14.3. The smallest absolute Gasteiger partial charge is 0.128 e. The molecule has 1 aromatic carbocycles. The molecule has 0 radical (unpaired) electrons. The Bertz CT molecular complexity index is 522. The van der Waals surface area contributed by atoms with Gasteiger partial charge < -0.3 is 4.90 Å². The van der Waals surface area contributed by atoms with Crippen LogP contribution < -0.4 is 0 Å². The van der Waals surface area contributed by atoms with E-state index in [0.717, 1.165) is 49.3 Å². The van der Waals surface area contributed by atoms with E-state index in [4.69, 9.17) is 0 Å². The number of hydrogen-bond acceptors (Lipinski definition) is 2. The highest BCUT2D eigenvalue weighted by molar-refractivity contribution is 5.65. The fourth-order valence-corrected chi connectivity index (χ4v) is 2.69. The van der Waals surface area contributed by atoms with E-state index in [2.05, 4.69) is 23.4 Å². The molecule has 1 saturated heterocycles. The van der Waals surface area contributed by atoms with Crippen LogP contribution in [0.5, 0.6) is 0 Å². The predicted octanol–water partition coefficient (Wildman–Crippen LogP) is 3.55. The first-order valence-corrected chi connectivity index (χ1v) is 7.59. The van der Waals surface area contributed by atoms with Gasteiger partial charge in [0.25, 0.3) is 0 Å². The molecule has 3 heteroatoms. The molecule has 1 heterocycles. The van der Waals surface area contributed by atoms with Gasteiger partial charge in [-0.15, -0.1) is 0 Å². The maximum atomic E-state index is 14.3. The fourth-order valence-electron chi connectivity index (χ4n) is 2.69. The maximum Gasteiger partial charge on any atom is 0.128 e. The molecular weight excluding hydrogens is 263 g/mol. The minimum Gasteiger partial charge on any atom is -0.305 e. The molecule has 0 N–H and O–H groups in total. The predicted molar refractivity (Wildman–Crippen MR) is 87.6 cm³/mol. The zero-order valence-electron chi connectivity index (χ0n) is 13.1. The van der Waals surface area contributed by atoms with Crippen LogP contribution in [0.4, 0.5) is 4.39 Å². The van der Waals surface area contributed by atoms with Crippen molar-refractivity contribution < 1.29 is 4.39 Å². The third kappa shape index (κ3) is 4.51. The van der Waals surface area contributed by atoms with E-state index in [0.29, 0.717) is 6.54 Å². The summed E-state index contributed by atoms with van der Waals surface area (Å²) in [6.45, 7) is 10.6. The first-order chi connectivity index (χ1) is 10.1. The van der Waals surface area contributed by atoms with Crippen molar-refractivity contribution in [1.29, 1.82) is 0 Å². The van der Waals surface area contributed by atoms with Gasteiger partial charge in [-0.3, -0.25) is 4.90 Å². The summed E-state index contributed by atoms with van der Waals surface area (Å²) < 4.78 is 14.3. The van der Waals surface area contributed by atoms with Crippen LogP contribution >= 0.6 is 0 Å². The quantitative estimate of drug-likeness (QED) is 0.782. The molecule has 1 aliphatic heterocycles. The van der Waals surface area contributed by atoms with Crippen molar-refractivity contribution in [2.75, 3.05) is 33.2 Å². The highest BCUT2D eigenvalue weighted by atomic mass is 19.1. The van der Waals surface area contributed by atoms with E-state index in [9.17, 15) is 4.39 Å². The lowest BCUT2D eigenvalue weighted by Crippen LogP contribution is -2.28. The van der Waals surface area contributed by atoms with Gasteiger partial charge in [-0.1, -0.05) is 30.9 Å². The second-order valence-corrected chi connectivity index (χ2v) is 5.82. The fraction of sp³-hybridized carbons (Fsp3) is 0.444. The largest absolute Gasteiger partial charge is 0.305 e. The Hall–Kier alpha value is -1.45.